The van der Waals surface area contributed by atoms with Crippen LogP contribution in [0.4, 0.5) is 0 Å². The van der Waals surface area contributed by atoms with Crippen molar-refractivity contribution in [1.29, 1.82) is 0 Å². The summed E-state index contributed by atoms with van der Waals surface area (Å²) >= 11 is 0. The number of nitrogens with two attached hydrogens (primary N) is 1. The standard InChI is InChI=1S/C14H17N3O3/c15-17-14(18)13-12(5-9-20-13)10-19-8-1-2-11-3-6-16-7-4-11/h3-7,9H,1-2,8,10,15H2,(H,17,18). The molecule has 0 fully saturated rings. The Morgan fingerprint density at radius 3 is 2.90 bits per heavy atom. The largest absolute Gasteiger partial charge is 0.459 e. The molecular formula is C14H17N3O3. The zero-order valence-electron chi connectivity index (χ0n) is 11.0. The van der Waals surface area contributed by atoms with E-state index in [1.54, 1.807) is 18.5 Å². The predicted octanol–water partition coefficient (Wildman–Crippen LogP) is 1.43. The summed E-state index contributed by atoms with van der Waals surface area (Å²) < 4.78 is 10.6. The van der Waals surface area contributed by atoms with Crippen LogP contribution in [0.2, 0.25) is 0 Å². The number of nitrogens with one attached hydrogen (secondary N) is 1. The maximum atomic E-state index is 11.4. The molecule has 0 aliphatic rings. The quantitative estimate of drug-likeness (QED) is 0.345. The fraction of sp³-hybridized carbons (Fsp3) is 0.286. The van der Waals surface area contributed by atoms with Crippen molar-refractivity contribution in [3.8, 4) is 0 Å². The summed E-state index contributed by atoms with van der Waals surface area (Å²) in [5, 5.41) is 0. The SMILES string of the molecule is NNC(=O)c1occc1COCCCc1ccncc1. The van der Waals surface area contributed by atoms with Crippen LogP contribution in [-0.4, -0.2) is 17.5 Å². The predicted molar refractivity (Wildman–Crippen MR) is 72.6 cm³/mol. The Morgan fingerprint density at radius 1 is 1.35 bits per heavy atom. The lowest BCUT2D eigenvalue weighted by Crippen LogP contribution is -2.30. The monoisotopic (exact) mass is 275 g/mol. The van der Waals surface area contributed by atoms with E-state index in [4.69, 9.17) is 15.0 Å². The van der Waals surface area contributed by atoms with Gasteiger partial charge in [-0.25, -0.2) is 5.84 Å². The lowest BCUT2D eigenvalue weighted by Gasteiger charge is -2.04. The highest BCUT2D eigenvalue weighted by molar-refractivity contribution is 5.92. The van der Waals surface area contributed by atoms with E-state index in [9.17, 15) is 4.79 Å². The molecule has 2 heterocycles. The number of rotatable bonds is 7. The van der Waals surface area contributed by atoms with Crippen LogP contribution in [0.15, 0.2) is 41.3 Å². The van der Waals surface area contributed by atoms with Gasteiger partial charge >= 0.3 is 5.91 Å². The van der Waals surface area contributed by atoms with E-state index >= 15 is 0 Å². The van der Waals surface area contributed by atoms with Gasteiger partial charge in [-0.1, -0.05) is 0 Å². The van der Waals surface area contributed by atoms with Gasteiger partial charge in [-0.3, -0.25) is 15.2 Å². The second-order valence-electron chi connectivity index (χ2n) is 4.26. The molecular weight excluding hydrogens is 258 g/mol. The Labute approximate surface area is 116 Å². The smallest absolute Gasteiger partial charge is 0.301 e. The number of hydrogen-bond donors (Lipinski definition) is 2. The number of carbonyl (C=O) groups is 1. The van der Waals surface area contributed by atoms with E-state index in [0.717, 1.165) is 12.8 Å². The highest BCUT2D eigenvalue weighted by atomic mass is 16.5. The molecule has 6 heteroatoms. The van der Waals surface area contributed by atoms with E-state index in [0.29, 0.717) is 18.8 Å². The van der Waals surface area contributed by atoms with Crippen LogP contribution in [-0.2, 0) is 17.8 Å². The van der Waals surface area contributed by atoms with E-state index < -0.39 is 5.91 Å². The number of nitrogens with zero attached hydrogens (tertiary/aromatic N) is 1. The van der Waals surface area contributed by atoms with Crippen molar-refractivity contribution < 1.29 is 13.9 Å². The molecule has 106 valence electrons. The average molecular weight is 275 g/mol. The number of aryl methyl sites for hydroxylation is 1. The van der Waals surface area contributed by atoms with Gasteiger partial charge in [-0.15, -0.1) is 0 Å². The molecule has 3 N–H and O–H groups in total. The minimum Gasteiger partial charge on any atom is -0.459 e. The molecule has 20 heavy (non-hydrogen) atoms. The first-order valence-corrected chi connectivity index (χ1v) is 6.35. The second-order valence-corrected chi connectivity index (χ2v) is 4.26. The molecule has 2 aromatic rings. The van der Waals surface area contributed by atoms with Crippen LogP contribution < -0.4 is 11.3 Å². The molecule has 0 aromatic carbocycles. The maximum absolute atomic E-state index is 11.4. The highest BCUT2D eigenvalue weighted by Gasteiger charge is 2.13. The number of hydrogen-bond acceptors (Lipinski definition) is 5. The number of ether oxygens (including phenoxy) is 1. The number of furan rings is 1. The van der Waals surface area contributed by atoms with Crippen molar-refractivity contribution in [1.82, 2.24) is 10.4 Å². The first-order chi connectivity index (χ1) is 9.81. The van der Waals surface area contributed by atoms with Gasteiger partial charge in [0.15, 0.2) is 5.76 Å². The zero-order chi connectivity index (χ0) is 14.2. The Morgan fingerprint density at radius 2 is 2.15 bits per heavy atom. The number of amides is 1. The van der Waals surface area contributed by atoms with Gasteiger partial charge in [0.25, 0.3) is 0 Å². The molecule has 6 nitrogen and oxygen atoms in total. The summed E-state index contributed by atoms with van der Waals surface area (Å²) in [6.45, 7) is 0.937. The van der Waals surface area contributed by atoms with E-state index in [1.165, 1.54) is 11.8 Å². The van der Waals surface area contributed by atoms with Crippen molar-refractivity contribution >= 4 is 5.91 Å². The Balaban J connectivity index is 1.71. The van der Waals surface area contributed by atoms with E-state index in [1.807, 2.05) is 17.6 Å². The van der Waals surface area contributed by atoms with Gasteiger partial charge in [0, 0.05) is 24.6 Å². The molecule has 0 saturated heterocycles. The maximum Gasteiger partial charge on any atom is 0.301 e. The number of aromatic nitrogens is 1. The normalized spacial score (nSPS) is 10.4. The molecule has 0 aliphatic heterocycles. The molecule has 0 radical (unpaired) electrons. The van der Waals surface area contributed by atoms with Crippen LogP contribution in [0.1, 0.15) is 28.1 Å². The highest BCUT2D eigenvalue weighted by Crippen LogP contribution is 2.12. The summed E-state index contributed by atoms with van der Waals surface area (Å²) in [7, 11) is 0. The molecule has 0 spiro atoms. The van der Waals surface area contributed by atoms with Crippen molar-refractivity contribution in [3.05, 3.63) is 53.7 Å². The third-order valence-corrected chi connectivity index (χ3v) is 2.85. The minimum atomic E-state index is -0.453. The van der Waals surface area contributed by atoms with Crippen LogP contribution in [0.5, 0.6) is 0 Å². The van der Waals surface area contributed by atoms with Gasteiger partial charge in [0.1, 0.15) is 0 Å². The molecule has 1 amide bonds. The van der Waals surface area contributed by atoms with Gasteiger partial charge in [0.2, 0.25) is 0 Å². The number of nitrogen functional groups attached to an aromatic ring is 1. The van der Waals surface area contributed by atoms with E-state index in [-0.39, 0.29) is 5.76 Å². The molecule has 0 bridgehead atoms. The second kappa shape index (κ2) is 7.42. The summed E-state index contributed by atoms with van der Waals surface area (Å²) in [6.07, 6.45) is 6.84. The lowest BCUT2D eigenvalue weighted by molar-refractivity contribution is 0.0907. The summed E-state index contributed by atoms with van der Waals surface area (Å²) in [6, 6.07) is 5.67. The topological polar surface area (TPSA) is 90.4 Å². The fourth-order valence-electron chi connectivity index (χ4n) is 1.82. The first kappa shape index (κ1) is 14.2. The number of carbonyl (C=O) groups excluding carboxylic acids is 1. The summed E-state index contributed by atoms with van der Waals surface area (Å²) in [5.41, 5.74) is 3.96. The first-order valence-electron chi connectivity index (χ1n) is 6.35. The molecule has 0 unspecified atom stereocenters. The summed E-state index contributed by atoms with van der Waals surface area (Å²) in [4.78, 5) is 15.3. The Bertz CT molecular complexity index is 540. The number of hydrazine groups is 1. The summed E-state index contributed by atoms with van der Waals surface area (Å²) in [5.74, 6) is 4.81. The van der Waals surface area contributed by atoms with Gasteiger partial charge in [0.05, 0.1) is 12.9 Å². The van der Waals surface area contributed by atoms with E-state index in [2.05, 4.69) is 4.98 Å². The minimum absolute atomic E-state index is 0.196. The molecule has 0 saturated carbocycles. The zero-order valence-corrected chi connectivity index (χ0v) is 11.0. The molecule has 0 aliphatic carbocycles. The van der Waals surface area contributed by atoms with Crippen LogP contribution in [0.25, 0.3) is 0 Å². The Kier molecular flexibility index (Phi) is 5.28. The Hall–Kier alpha value is -2.18. The third-order valence-electron chi connectivity index (χ3n) is 2.85. The van der Waals surface area contributed by atoms with Crippen molar-refractivity contribution in [2.24, 2.45) is 5.84 Å². The molecule has 0 atom stereocenters. The lowest BCUT2D eigenvalue weighted by atomic mass is 10.1. The molecule has 2 aromatic heterocycles. The van der Waals surface area contributed by atoms with Crippen molar-refractivity contribution in [2.45, 2.75) is 19.4 Å². The molecule has 2 rings (SSSR count). The van der Waals surface area contributed by atoms with Crippen molar-refractivity contribution in [2.75, 3.05) is 6.61 Å². The van der Waals surface area contributed by atoms with Gasteiger partial charge < -0.3 is 9.15 Å². The number of pyridine rings is 1. The third kappa shape index (κ3) is 3.91. The van der Waals surface area contributed by atoms with Crippen molar-refractivity contribution in [3.63, 3.8) is 0 Å². The average Bonchev–Trinajstić information content (AvgIpc) is 2.95. The van der Waals surface area contributed by atoms with Crippen LogP contribution >= 0.6 is 0 Å². The fourth-order valence-corrected chi connectivity index (χ4v) is 1.82. The van der Waals surface area contributed by atoms with Crippen LogP contribution in [0, 0.1) is 0 Å². The van der Waals surface area contributed by atoms with Gasteiger partial charge in [-0.05, 0) is 36.6 Å². The van der Waals surface area contributed by atoms with Gasteiger partial charge in [-0.2, -0.15) is 0 Å². The van der Waals surface area contributed by atoms with Crippen LogP contribution in [0.3, 0.4) is 0 Å².